The highest BCUT2D eigenvalue weighted by Gasteiger charge is 1.99. The number of nitrogens with zero attached hydrogens (tertiary/aromatic N) is 1. The first kappa shape index (κ1) is 13.8. The van der Waals surface area contributed by atoms with Gasteiger partial charge in [0.2, 0.25) is 0 Å². The van der Waals surface area contributed by atoms with Gasteiger partial charge >= 0.3 is 0 Å². The maximum absolute atomic E-state index is 4.84. The summed E-state index contributed by atoms with van der Waals surface area (Å²) in [6.07, 6.45) is 1.66. The van der Waals surface area contributed by atoms with Crippen molar-refractivity contribution in [1.82, 2.24) is 5.16 Å². The van der Waals surface area contributed by atoms with Gasteiger partial charge in [-0.2, -0.15) is 0 Å². The lowest BCUT2D eigenvalue weighted by molar-refractivity contribution is 0.371. The molecule has 0 saturated heterocycles. The van der Waals surface area contributed by atoms with E-state index in [1.54, 1.807) is 6.20 Å². The Labute approximate surface area is 76.0 Å². The third-order valence-electron chi connectivity index (χ3n) is 1.03. The molecule has 1 heterocycles. The van der Waals surface area contributed by atoms with Crippen LogP contribution in [0.4, 0.5) is 0 Å². The summed E-state index contributed by atoms with van der Waals surface area (Å²) in [5.74, 6) is 1.41. The van der Waals surface area contributed by atoms with Gasteiger partial charge in [-0.3, -0.25) is 0 Å². The molecule has 2 nitrogen and oxygen atoms in total. The molecule has 2 heteroatoms. The van der Waals surface area contributed by atoms with E-state index < -0.39 is 0 Å². The molecule has 72 valence electrons. The Morgan fingerprint density at radius 3 is 1.83 bits per heavy atom. The van der Waals surface area contributed by atoms with E-state index in [0.29, 0.717) is 5.92 Å². The first-order valence-electron chi connectivity index (χ1n) is 4.71. The van der Waals surface area contributed by atoms with Crippen LogP contribution in [0.15, 0.2) is 16.8 Å². The minimum absolute atomic E-state index is 0.456. The van der Waals surface area contributed by atoms with Crippen LogP contribution in [-0.4, -0.2) is 5.16 Å². The minimum atomic E-state index is 0.456. The van der Waals surface area contributed by atoms with E-state index in [1.807, 2.05) is 33.8 Å². The van der Waals surface area contributed by atoms with Crippen LogP contribution >= 0.6 is 0 Å². The maximum atomic E-state index is 4.84. The summed E-state index contributed by atoms with van der Waals surface area (Å²) < 4.78 is 4.84. The van der Waals surface area contributed by atoms with Crippen molar-refractivity contribution < 1.29 is 4.52 Å². The Bertz CT molecular complexity index is 145. The normalized spacial score (nSPS) is 7.92. The highest BCUT2D eigenvalue weighted by atomic mass is 16.5. The van der Waals surface area contributed by atoms with Gasteiger partial charge in [0.15, 0.2) is 0 Å². The summed E-state index contributed by atoms with van der Waals surface area (Å²) >= 11 is 0. The zero-order valence-corrected chi connectivity index (χ0v) is 9.09. The van der Waals surface area contributed by atoms with Gasteiger partial charge in [-0.15, -0.1) is 0 Å². The molecule has 1 rings (SSSR count). The van der Waals surface area contributed by atoms with Crippen LogP contribution in [0, 0.1) is 0 Å². The second-order valence-electron chi connectivity index (χ2n) is 2.07. The quantitative estimate of drug-likeness (QED) is 0.641. The minimum Gasteiger partial charge on any atom is -0.361 e. The first-order valence-corrected chi connectivity index (χ1v) is 4.71. The van der Waals surface area contributed by atoms with Gasteiger partial charge in [-0.1, -0.05) is 46.7 Å². The molecule has 12 heavy (non-hydrogen) atoms. The lowest BCUT2D eigenvalue weighted by Crippen LogP contribution is -1.79. The van der Waals surface area contributed by atoms with E-state index >= 15 is 0 Å². The molecule has 0 radical (unpaired) electrons. The van der Waals surface area contributed by atoms with Crippen molar-refractivity contribution in [3.8, 4) is 0 Å². The van der Waals surface area contributed by atoms with E-state index in [-0.39, 0.29) is 0 Å². The number of rotatable bonds is 1. The molecule has 0 fully saturated rings. The van der Waals surface area contributed by atoms with E-state index in [9.17, 15) is 0 Å². The molecular formula is C10H21NO. The molecule has 0 aliphatic heterocycles. The molecule has 0 aliphatic rings. The number of aromatic nitrogens is 1. The fourth-order valence-corrected chi connectivity index (χ4v) is 0.523. The van der Waals surface area contributed by atoms with Crippen molar-refractivity contribution in [3.63, 3.8) is 0 Å². The van der Waals surface area contributed by atoms with Crippen molar-refractivity contribution in [2.24, 2.45) is 0 Å². The summed E-state index contributed by atoms with van der Waals surface area (Å²) in [4.78, 5) is 0. The van der Waals surface area contributed by atoms with Gasteiger partial charge in [0.1, 0.15) is 5.76 Å². The molecule has 1 aromatic heterocycles. The summed E-state index contributed by atoms with van der Waals surface area (Å²) in [5.41, 5.74) is 0. The molecule has 0 N–H and O–H groups in total. The van der Waals surface area contributed by atoms with Crippen LogP contribution < -0.4 is 0 Å². The molecule has 0 spiro atoms. The van der Waals surface area contributed by atoms with Crippen LogP contribution in [0.5, 0.6) is 0 Å². The standard InChI is InChI=1S/C6H9NO.2C2H6/c1-5(2)6-3-4-7-8-6;2*1-2/h3-5H,1-2H3;2*1-2H3. The molecule has 0 saturated carbocycles. The molecule has 0 amide bonds. The summed E-state index contributed by atoms with van der Waals surface area (Å²) in [7, 11) is 0. The first-order chi connectivity index (χ1) is 5.80. The lowest BCUT2D eigenvalue weighted by atomic mass is 10.2. The Morgan fingerprint density at radius 2 is 1.67 bits per heavy atom. The average Bonchev–Trinajstić information content (AvgIpc) is 2.64. The van der Waals surface area contributed by atoms with Crippen LogP contribution in [0.2, 0.25) is 0 Å². The van der Waals surface area contributed by atoms with Gasteiger partial charge in [-0.05, 0) is 0 Å². The number of hydrogen-bond acceptors (Lipinski definition) is 2. The van der Waals surface area contributed by atoms with Crippen molar-refractivity contribution in [2.75, 3.05) is 0 Å². The van der Waals surface area contributed by atoms with Crippen molar-refractivity contribution in [2.45, 2.75) is 47.5 Å². The highest BCUT2D eigenvalue weighted by Crippen LogP contribution is 2.10. The smallest absolute Gasteiger partial charge is 0.139 e. The van der Waals surface area contributed by atoms with E-state index in [4.69, 9.17) is 4.52 Å². The van der Waals surface area contributed by atoms with Gasteiger partial charge in [0.25, 0.3) is 0 Å². The van der Waals surface area contributed by atoms with Crippen LogP contribution in [0.25, 0.3) is 0 Å². The monoisotopic (exact) mass is 171 g/mol. The summed E-state index contributed by atoms with van der Waals surface area (Å²) in [5, 5.41) is 3.57. The molecular weight excluding hydrogens is 150 g/mol. The predicted octanol–water partition coefficient (Wildman–Crippen LogP) is 3.85. The topological polar surface area (TPSA) is 26.0 Å². The van der Waals surface area contributed by atoms with Crippen molar-refractivity contribution in [3.05, 3.63) is 18.0 Å². The SMILES string of the molecule is CC.CC.CC(C)c1ccno1. The molecule has 1 aromatic rings. The molecule has 0 aliphatic carbocycles. The van der Waals surface area contributed by atoms with E-state index in [1.165, 1.54) is 0 Å². The third-order valence-corrected chi connectivity index (χ3v) is 1.03. The van der Waals surface area contributed by atoms with Crippen molar-refractivity contribution in [1.29, 1.82) is 0 Å². The van der Waals surface area contributed by atoms with Crippen LogP contribution in [-0.2, 0) is 0 Å². The fraction of sp³-hybridized carbons (Fsp3) is 0.700. The fourth-order valence-electron chi connectivity index (χ4n) is 0.523. The summed E-state index contributed by atoms with van der Waals surface area (Å²) in [6.45, 7) is 12.1. The average molecular weight is 171 g/mol. The van der Waals surface area contributed by atoms with E-state index in [0.717, 1.165) is 5.76 Å². The highest BCUT2D eigenvalue weighted by molar-refractivity contribution is 4.97. The second-order valence-corrected chi connectivity index (χ2v) is 2.07. The third kappa shape index (κ3) is 5.96. The predicted molar refractivity (Wildman–Crippen MR) is 53.3 cm³/mol. The Morgan fingerprint density at radius 1 is 1.17 bits per heavy atom. The van der Waals surface area contributed by atoms with Crippen LogP contribution in [0.3, 0.4) is 0 Å². The maximum Gasteiger partial charge on any atom is 0.139 e. The van der Waals surface area contributed by atoms with Gasteiger partial charge in [0.05, 0.1) is 6.20 Å². The zero-order valence-electron chi connectivity index (χ0n) is 9.09. The Balaban J connectivity index is 0. The Kier molecular flexibility index (Phi) is 11.7. The largest absolute Gasteiger partial charge is 0.361 e. The second kappa shape index (κ2) is 10.2. The van der Waals surface area contributed by atoms with Gasteiger partial charge in [-0.25, -0.2) is 0 Å². The molecule has 0 atom stereocenters. The molecule has 0 bridgehead atoms. The van der Waals surface area contributed by atoms with Crippen molar-refractivity contribution >= 4 is 0 Å². The Hall–Kier alpha value is -0.790. The molecule has 0 aromatic carbocycles. The van der Waals surface area contributed by atoms with Crippen LogP contribution in [0.1, 0.15) is 53.2 Å². The number of hydrogen-bond donors (Lipinski definition) is 0. The van der Waals surface area contributed by atoms with E-state index in [2.05, 4.69) is 19.0 Å². The molecule has 0 unspecified atom stereocenters. The lowest BCUT2D eigenvalue weighted by Gasteiger charge is -1.92. The summed E-state index contributed by atoms with van der Waals surface area (Å²) in [6, 6.07) is 1.88. The van der Waals surface area contributed by atoms with Gasteiger partial charge in [0, 0.05) is 12.0 Å². The zero-order chi connectivity index (χ0) is 9.98. The van der Waals surface area contributed by atoms with Gasteiger partial charge < -0.3 is 4.52 Å².